The van der Waals surface area contributed by atoms with Crippen LogP contribution in [0.2, 0.25) is 0 Å². The van der Waals surface area contributed by atoms with Crippen molar-refractivity contribution in [2.75, 3.05) is 11.4 Å². The van der Waals surface area contributed by atoms with E-state index >= 15 is 0 Å². The van der Waals surface area contributed by atoms with Crippen molar-refractivity contribution in [2.24, 2.45) is 11.7 Å². The van der Waals surface area contributed by atoms with Crippen LogP contribution < -0.4 is 10.6 Å². The topological polar surface area (TPSA) is 29.3 Å². The van der Waals surface area contributed by atoms with Gasteiger partial charge < -0.3 is 10.6 Å². The largest absolute Gasteiger partial charge is 0.389 e. The molecule has 0 aliphatic heterocycles. The summed E-state index contributed by atoms with van der Waals surface area (Å²) in [6.07, 6.45) is 0. The molecule has 1 rings (SSSR count). The Kier molecular flexibility index (Phi) is 5.15. The molecule has 0 amide bonds. The van der Waals surface area contributed by atoms with Crippen molar-refractivity contribution in [3.8, 4) is 0 Å². The van der Waals surface area contributed by atoms with Gasteiger partial charge >= 0.3 is 0 Å². The lowest BCUT2D eigenvalue weighted by atomic mass is 10.1. The summed E-state index contributed by atoms with van der Waals surface area (Å²) in [4.78, 5) is 2.89. The summed E-state index contributed by atoms with van der Waals surface area (Å²) in [5, 5.41) is 0. The normalized spacial score (nSPS) is 11.1. The third-order valence-electron chi connectivity index (χ3n) is 2.99. The van der Waals surface area contributed by atoms with Gasteiger partial charge in [-0.3, -0.25) is 0 Å². The lowest BCUT2D eigenvalue weighted by molar-refractivity contribution is 0.571. The van der Waals surface area contributed by atoms with Gasteiger partial charge in [-0.15, -0.1) is 0 Å². The van der Waals surface area contributed by atoms with Crippen LogP contribution in [-0.2, 0) is 0 Å². The van der Waals surface area contributed by atoms with Crippen LogP contribution in [0, 0.1) is 12.8 Å². The highest BCUT2D eigenvalue weighted by atomic mass is 32.1. The summed E-state index contributed by atoms with van der Waals surface area (Å²) in [5.74, 6) is 0.642. The summed E-state index contributed by atoms with van der Waals surface area (Å²) in [7, 11) is 0. The number of nitrogens with two attached hydrogens (primary N) is 1. The summed E-state index contributed by atoms with van der Waals surface area (Å²) >= 11 is 5.04. The van der Waals surface area contributed by atoms with E-state index in [0.29, 0.717) is 16.9 Å². The second-order valence-corrected chi connectivity index (χ2v) is 5.94. The summed E-state index contributed by atoms with van der Waals surface area (Å²) in [5.41, 5.74) is 9.07. The molecule has 0 spiro atoms. The van der Waals surface area contributed by atoms with E-state index in [-0.39, 0.29) is 0 Å². The molecular formula is C15H24N2S. The van der Waals surface area contributed by atoms with Crippen molar-refractivity contribution in [3.63, 3.8) is 0 Å². The highest BCUT2D eigenvalue weighted by Gasteiger charge is 2.13. The van der Waals surface area contributed by atoms with E-state index in [9.17, 15) is 0 Å². The molecule has 0 heterocycles. The molecule has 1 aromatic rings. The highest BCUT2D eigenvalue weighted by molar-refractivity contribution is 7.80. The maximum absolute atomic E-state index is 5.70. The number of nitrogens with zero attached hydrogens (tertiary/aromatic N) is 1. The molecule has 0 atom stereocenters. The molecule has 0 saturated heterocycles. The molecule has 0 fully saturated rings. The minimum absolute atomic E-state index is 0.471. The fourth-order valence-electron chi connectivity index (χ4n) is 2.11. The van der Waals surface area contributed by atoms with Crippen molar-refractivity contribution >= 4 is 22.9 Å². The Morgan fingerprint density at radius 2 is 1.89 bits per heavy atom. The first-order valence-corrected chi connectivity index (χ1v) is 6.90. The van der Waals surface area contributed by atoms with E-state index in [1.165, 1.54) is 5.69 Å². The Balaban J connectivity index is 3.07. The van der Waals surface area contributed by atoms with Crippen LogP contribution >= 0.6 is 12.2 Å². The maximum Gasteiger partial charge on any atom is 0.104 e. The molecule has 0 unspecified atom stereocenters. The van der Waals surface area contributed by atoms with Gasteiger partial charge in [0.1, 0.15) is 4.99 Å². The van der Waals surface area contributed by atoms with Crippen molar-refractivity contribution in [2.45, 2.75) is 40.7 Å². The third kappa shape index (κ3) is 3.70. The minimum atomic E-state index is 0.471. The van der Waals surface area contributed by atoms with Crippen molar-refractivity contribution in [1.29, 1.82) is 0 Å². The molecule has 0 aliphatic carbocycles. The molecule has 0 bridgehead atoms. The zero-order valence-electron chi connectivity index (χ0n) is 12.0. The van der Waals surface area contributed by atoms with Crippen LogP contribution in [0.4, 0.5) is 5.69 Å². The van der Waals surface area contributed by atoms with Crippen LogP contribution in [0.3, 0.4) is 0 Å². The molecule has 0 saturated carbocycles. The Labute approximate surface area is 116 Å². The number of hydrogen-bond donors (Lipinski definition) is 1. The van der Waals surface area contributed by atoms with Crippen LogP contribution in [-0.4, -0.2) is 17.6 Å². The average molecular weight is 264 g/mol. The fraction of sp³-hybridized carbons (Fsp3) is 0.533. The molecule has 0 aliphatic rings. The number of aryl methyl sites for hydroxylation is 1. The molecule has 0 aromatic heterocycles. The predicted octanol–water partition coefficient (Wildman–Crippen LogP) is 3.50. The summed E-state index contributed by atoms with van der Waals surface area (Å²) in [6.45, 7) is 12.0. The van der Waals surface area contributed by atoms with Crippen LogP contribution in [0.1, 0.15) is 38.8 Å². The third-order valence-corrected chi connectivity index (χ3v) is 3.21. The minimum Gasteiger partial charge on any atom is -0.389 e. The van der Waals surface area contributed by atoms with Crippen LogP contribution in [0.15, 0.2) is 18.2 Å². The van der Waals surface area contributed by atoms with Gasteiger partial charge in [0, 0.05) is 23.8 Å². The number of thiocarbonyl (C=S) groups is 1. The Morgan fingerprint density at radius 3 is 2.28 bits per heavy atom. The predicted molar refractivity (Wildman–Crippen MR) is 84.4 cm³/mol. The zero-order valence-corrected chi connectivity index (χ0v) is 12.8. The molecule has 2 nitrogen and oxygen atoms in total. The van der Waals surface area contributed by atoms with Gasteiger partial charge in [0.05, 0.1) is 0 Å². The number of rotatable bonds is 5. The average Bonchev–Trinajstić information content (AvgIpc) is 2.24. The maximum atomic E-state index is 5.70. The van der Waals surface area contributed by atoms with Gasteiger partial charge in [-0.25, -0.2) is 0 Å². The molecule has 18 heavy (non-hydrogen) atoms. The quantitative estimate of drug-likeness (QED) is 0.825. The van der Waals surface area contributed by atoms with Gasteiger partial charge in [-0.2, -0.15) is 0 Å². The Bertz CT molecular complexity index is 425. The Morgan fingerprint density at radius 1 is 1.28 bits per heavy atom. The first kappa shape index (κ1) is 15.0. The summed E-state index contributed by atoms with van der Waals surface area (Å²) in [6, 6.07) is 6.81. The lowest BCUT2D eigenvalue weighted by Crippen LogP contribution is -2.34. The first-order chi connectivity index (χ1) is 8.32. The monoisotopic (exact) mass is 264 g/mol. The van der Waals surface area contributed by atoms with Gasteiger partial charge in [0.2, 0.25) is 0 Å². The van der Waals surface area contributed by atoms with E-state index < -0.39 is 0 Å². The zero-order chi connectivity index (χ0) is 13.9. The SMILES string of the molecule is Cc1cc(N(CC(C)C)C(C)C)ccc1C(N)=S. The summed E-state index contributed by atoms with van der Waals surface area (Å²) < 4.78 is 0. The van der Waals surface area contributed by atoms with Gasteiger partial charge in [-0.05, 0) is 50.5 Å². The Hall–Kier alpha value is -1.09. The van der Waals surface area contributed by atoms with Crippen molar-refractivity contribution in [3.05, 3.63) is 29.3 Å². The van der Waals surface area contributed by atoms with E-state index in [4.69, 9.17) is 18.0 Å². The number of benzene rings is 1. The van der Waals surface area contributed by atoms with Gasteiger partial charge in [0.25, 0.3) is 0 Å². The van der Waals surface area contributed by atoms with Crippen molar-refractivity contribution in [1.82, 2.24) is 0 Å². The van der Waals surface area contributed by atoms with Crippen LogP contribution in [0.5, 0.6) is 0 Å². The molecule has 3 heteroatoms. The van der Waals surface area contributed by atoms with Gasteiger partial charge in [-0.1, -0.05) is 26.1 Å². The lowest BCUT2D eigenvalue weighted by Gasteiger charge is -2.31. The number of anilines is 1. The smallest absolute Gasteiger partial charge is 0.104 e. The van der Waals surface area contributed by atoms with Gasteiger partial charge in [0.15, 0.2) is 0 Å². The fourth-order valence-corrected chi connectivity index (χ4v) is 2.34. The van der Waals surface area contributed by atoms with Crippen molar-refractivity contribution < 1.29 is 0 Å². The van der Waals surface area contributed by atoms with E-state index in [1.54, 1.807) is 0 Å². The van der Waals surface area contributed by atoms with E-state index in [0.717, 1.165) is 17.7 Å². The van der Waals surface area contributed by atoms with E-state index in [2.05, 4.69) is 51.7 Å². The highest BCUT2D eigenvalue weighted by Crippen LogP contribution is 2.22. The molecule has 2 N–H and O–H groups in total. The number of hydrogen-bond acceptors (Lipinski definition) is 2. The molecular weight excluding hydrogens is 240 g/mol. The molecule has 0 radical (unpaired) electrons. The second kappa shape index (κ2) is 6.19. The first-order valence-electron chi connectivity index (χ1n) is 6.50. The van der Waals surface area contributed by atoms with Crippen LogP contribution in [0.25, 0.3) is 0 Å². The van der Waals surface area contributed by atoms with E-state index in [1.807, 2.05) is 6.07 Å². The molecule has 1 aromatic carbocycles. The second-order valence-electron chi connectivity index (χ2n) is 5.50. The standard InChI is InChI=1S/C15H24N2S/c1-10(2)9-17(11(3)4)13-6-7-14(15(16)18)12(5)8-13/h6-8,10-11H,9H2,1-5H3,(H2,16,18). The molecule has 100 valence electrons.